The number of methoxy groups -OCH3 is 6. The van der Waals surface area contributed by atoms with E-state index in [4.69, 9.17) is 33.2 Å². The highest BCUT2D eigenvalue weighted by Crippen LogP contribution is 2.25. The fourth-order valence-electron chi connectivity index (χ4n) is 5.63. The van der Waals surface area contributed by atoms with Crippen LogP contribution in [-0.2, 0) is 62.7 Å². The Morgan fingerprint density at radius 2 is 1.02 bits per heavy atom. The van der Waals surface area contributed by atoms with Crippen molar-refractivity contribution in [2.75, 3.05) is 108 Å². The second-order valence-electron chi connectivity index (χ2n) is 12.6. The molecule has 6 heterocycles. The van der Waals surface area contributed by atoms with Crippen LogP contribution >= 0.6 is 23.5 Å². The number of sulfone groups is 3. The lowest BCUT2D eigenvalue weighted by molar-refractivity contribution is 0.0822. The molecular formula is C32H64O13S5. The minimum atomic E-state index is -2.82. The summed E-state index contributed by atoms with van der Waals surface area (Å²) in [7, 11) is 1.68. The minimum absolute atomic E-state index is 0.0463. The van der Waals surface area contributed by atoms with E-state index in [0.29, 0.717) is 61.3 Å². The van der Waals surface area contributed by atoms with Crippen molar-refractivity contribution in [2.24, 2.45) is 0 Å². The molecule has 0 saturated carbocycles. The largest absolute Gasteiger partial charge is 0.381 e. The van der Waals surface area contributed by atoms with E-state index < -0.39 is 29.5 Å². The lowest BCUT2D eigenvalue weighted by Crippen LogP contribution is -2.26. The van der Waals surface area contributed by atoms with E-state index in [1.54, 1.807) is 42.7 Å². The standard InChI is InChI=1S/C7H14O3S.2C5H10O3S.C5H10O2.2C5H10OS/c1-3-7-6(10-2)4-5-11(7,8)9;2*1-8-5-2-3-9(6,7)4-5;3*1-6-5-2-3-7-4-5/h6-7H,3-5H2,1-2H3;2*5H,2-4H2,1H3;3*5H,2-4H2,1H3/t6-,7-;5*5-/m010010/s1. The third kappa shape index (κ3) is 20.1. The van der Waals surface area contributed by atoms with Crippen LogP contribution in [0.25, 0.3) is 0 Å². The topological polar surface area (TPSA) is 167 Å². The van der Waals surface area contributed by atoms with Crippen LogP contribution < -0.4 is 0 Å². The Labute approximate surface area is 311 Å². The first-order chi connectivity index (χ1) is 23.7. The molecule has 0 N–H and O–H groups in total. The Morgan fingerprint density at radius 1 is 0.560 bits per heavy atom. The maximum atomic E-state index is 11.3. The summed E-state index contributed by atoms with van der Waals surface area (Å²) in [5.41, 5.74) is 0. The second kappa shape index (κ2) is 26.1. The Hall–Kier alpha value is 0.270. The van der Waals surface area contributed by atoms with Gasteiger partial charge in [-0.2, -0.15) is 23.5 Å². The number of ether oxygens (including phenoxy) is 7. The van der Waals surface area contributed by atoms with Crippen LogP contribution in [0.1, 0.15) is 51.9 Å². The number of hydrogen-bond acceptors (Lipinski definition) is 15. The summed E-state index contributed by atoms with van der Waals surface area (Å²) < 4.78 is 100. The molecule has 6 rings (SSSR count). The summed E-state index contributed by atoms with van der Waals surface area (Å²) in [5.74, 6) is 6.30. The fourth-order valence-corrected chi connectivity index (χ4v) is 13.3. The summed E-state index contributed by atoms with van der Waals surface area (Å²) in [6.07, 6.45) is 7.57. The van der Waals surface area contributed by atoms with E-state index in [1.165, 1.54) is 35.9 Å². The normalized spacial score (nSPS) is 32.8. The molecule has 300 valence electrons. The van der Waals surface area contributed by atoms with Crippen molar-refractivity contribution >= 4 is 53.0 Å². The van der Waals surface area contributed by atoms with E-state index in [-0.39, 0.29) is 35.1 Å². The molecule has 0 radical (unpaired) electrons. The van der Waals surface area contributed by atoms with Crippen molar-refractivity contribution < 1.29 is 58.4 Å². The van der Waals surface area contributed by atoms with Crippen LogP contribution in [0.15, 0.2) is 0 Å². The lowest BCUT2D eigenvalue weighted by Gasteiger charge is -2.14. The summed E-state index contributed by atoms with van der Waals surface area (Å²) in [4.78, 5) is 0. The smallest absolute Gasteiger partial charge is 0.155 e. The molecule has 0 aliphatic carbocycles. The summed E-state index contributed by atoms with van der Waals surface area (Å²) in [6.45, 7) is 3.55. The highest BCUT2D eigenvalue weighted by molar-refractivity contribution is 7.99. The van der Waals surface area contributed by atoms with E-state index in [2.05, 4.69) is 0 Å². The molecule has 6 saturated heterocycles. The third-order valence-electron chi connectivity index (χ3n) is 8.98. The monoisotopic (exact) mass is 816 g/mol. The van der Waals surface area contributed by atoms with Crippen molar-refractivity contribution in [1.82, 2.24) is 0 Å². The molecule has 7 atom stereocenters. The molecule has 6 aliphatic heterocycles. The lowest BCUT2D eigenvalue weighted by atomic mass is 10.2. The quantitative estimate of drug-likeness (QED) is 0.368. The van der Waals surface area contributed by atoms with Gasteiger partial charge in [0.15, 0.2) is 29.5 Å². The van der Waals surface area contributed by atoms with Crippen molar-refractivity contribution in [1.29, 1.82) is 0 Å². The second-order valence-corrected chi connectivity index (χ2v) is 21.7. The first-order valence-corrected chi connectivity index (χ1v) is 24.9. The maximum absolute atomic E-state index is 11.3. The van der Waals surface area contributed by atoms with Gasteiger partial charge in [0.25, 0.3) is 0 Å². The molecule has 18 heteroatoms. The van der Waals surface area contributed by atoms with Gasteiger partial charge in [-0.15, -0.1) is 0 Å². The van der Waals surface area contributed by atoms with Gasteiger partial charge in [0.05, 0.1) is 77.2 Å². The molecular weight excluding hydrogens is 753 g/mol. The zero-order valence-corrected chi connectivity index (χ0v) is 35.2. The van der Waals surface area contributed by atoms with Gasteiger partial charge in [0.1, 0.15) is 0 Å². The Balaban J connectivity index is 0.000000302. The molecule has 0 aromatic carbocycles. The van der Waals surface area contributed by atoms with Gasteiger partial charge in [-0.3, -0.25) is 0 Å². The zero-order chi connectivity index (χ0) is 37.6. The molecule has 0 bridgehead atoms. The van der Waals surface area contributed by atoms with Crippen LogP contribution in [0.4, 0.5) is 0 Å². The molecule has 0 amide bonds. The van der Waals surface area contributed by atoms with Crippen LogP contribution in [0, 0.1) is 0 Å². The predicted octanol–water partition coefficient (Wildman–Crippen LogP) is 2.94. The summed E-state index contributed by atoms with van der Waals surface area (Å²) in [6, 6.07) is 0. The number of hydrogen-bond donors (Lipinski definition) is 0. The Morgan fingerprint density at radius 3 is 1.22 bits per heavy atom. The number of rotatable bonds is 7. The summed E-state index contributed by atoms with van der Waals surface area (Å²) in [5, 5.41) is -0.257. The molecule has 0 unspecified atom stereocenters. The average Bonchev–Trinajstić information content (AvgIpc) is 3.95. The molecule has 13 nitrogen and oxygen atoms in total. The molecule has 6 aliphatic rings. The summed E-state index contributed by atoms with van der Waals surface area (Å²) >= 11 is 3.96. The van der Waals surface area contributed by atoms with E-state index >= 15 is 0 Å². The van der Waals surface area contributed by atoms with Gasteiger partial charge in [-0.05, 0) is 56.5 Å². The molecule has 0 aromatic rings. The molecule has 0 aromatic heterocycles. The number of thioether (sulfide) groups is 2. The zero-order valence-electron chi connectivity index (χ0n) is 31.1. The Kier molecular flexibility index (Phi) is 25.2. The highest BCUT2D eigenvalue weighted by atomic mass is 32.2. The van der Waals surface area contributed by atoms with Crippen LogP contribution in [0.5, 0.6) is 0 Å². The van der Waals surface area contributed by atoms with Gasteiger partial charge < -0.3 is 33.2 Å². The van der Waals surface area contributed by atoms with Crippen molar-refractivity contribution in [3.05, 3.63) is 0 Å². The Bertz CT molecular complexity index is 1100. The first kappa shape index (κ1) is 48.3. The SMILES string of the molecule is CC[C@H]1[C@@H](OC)CCS1(=O)=O.CO[C@@H]1CCS(=O)(=O)C1.CO[C@@H]1CCSC1.CO[C@H]1CCOC1.CO[C@H]1CCS(=O)(=O)C1.CO[C@H]1CCSC1. The molecule has 50 heavy (non-hydrogen) atoms. The van der Waals surface area contributed by atoms with Crippen LogP contribution in [0.3, 0.4) is 0 Å². The van der Waals surface area contributed by atoms with E-state index in [9.17, 15) is 25.3 Å². The van der Waals surface area contributed by atoms with E-state index in [0.717, 1.165) is 19.6 Å². The van der Waals surface area contributed by atoms with Gasteiger partial charge in [-0.1, -0.05) is 6.92 Å². The van der Waals surface area contributed by atoms with Crippen molar-refractivity contribution in [3.63, 3.8) is 0 Å². The maximum Gasteiger partial charge on any atom is 0.155 e. The van der Waals surface area contributed by atoms with Gasteiger partial charge >= 0.3 is 0 Å². The minimum Gasteiger partial charge on any atom is -0.381 e. The van der Waals surface area contributed by atoms with Crippen molar-refractivity contribution in [3.8, 4) is 0 Å². The molecule has 0 spiro atoms. The highest BCUT2D eigenvalue weighted by Gasteiger charge is 2.38. The van der Waals surface area contributed by atoms with Gasteiger partial charge in [0.2, 0.25) is 0 Å². The predicted molar refractivity (Wildman–Crippen MR) is 203 cm³/mol. The van der Waals surface area contributed by atoms with Crippen molar-refractivity contribution in [2.45, 2.75) is 93.7 Å². The van der Waals surface area contributed by atoms with E-state index in [1.807, 2.05) is 30.4 Å². The molecule has 6 fully saturated rings. The van der Waals surface area contributed by atoms with Crippen LogP contribution in [-0.4, -0.2) is 175 Å². The van der Waals surface area contributed by atoms with Gasteiger partial charge in [-0.25, -0.2) is 25.3 Å². The third-order valence-corrected chi connectivity index (χ3v) is 17.1. The first-order valence-electron chi connectivity index (χ1n) is 17.2. The fraction of sp³-hybridized carbons (Fsp3) is 1.00. The van der Waals surface area contributed by atoms with Crippen LogP contribution in [0.2, 0.25) is 0 Å². The van der Waals surface area contributed by atoms with Gasteiger partial charge in [0, 0.05) is 60.8 Å². The average molecular weight is 817 g/mol.